The van der Waals surface area contributed by atoms with E-state index in [1.165, 1.54) is 0 Å². The van der Waals surface area contributed by atoms with Gasteiger partial charge >= 0.3 is 0 Å². The quantitative estimate of drug-likeness (QED) is 0.940. The minimum atomic E-state index is -0.0124. The van der Waals surface area contributed by atoms with E-state index in [0.717, 1.165) is 31.0 Å². The van der Waals surface area contributed by atoms with Crippen LogP contribution in [0.4, 0.5) is 11.5 Å². The summed E-state index contributed by atoms with van der Waals surface area (Å²) in [4.78, 5) is 21.0. The number of nitrogens with zero attached hydrogens (tertiary/aromatic N) is 3. The molecule has 1 amide bonds. The van der Waals surface area contributed by atoms with Crippen molar-refractivity contribution >= 4 is 17.4 Å². The molecular weight excluding hydrogens is 288 g/mol. The Morgan fingerprint density at radius 3 is 2.87 bits per heavy atom. The van der Waals surface area contributed by atoms with Gasteiger partial charge in [-0.05, 0) is 36.8 Å². The topological polar surface area (TPSA) is 48.5 Å². The predicted octanol–water partition coefficient (Wildman–Crippen LogP) is 2.16. The number of benzene rings is 1. The Morgan fingerprint density at radius 2 is 2.13 bits per heavy atom. The summed E-state index contributed by atoms with van der Waals surface area (Å²) < 4.78 is 0. The zero-order valence-electron chi connectivity index (χ0n) is 13.6. The smallest absolute Gasteiger partial charge is 0.251 e. The Labute approximate surface area is 136 Å². The van der Waals surface area contributed by atoms with Crippen LogP contribution in [0.1, 0.15) is 16.8 Å². The van der Waals surface area contributed by atoms with Crippen molar-refractivity contribution in [2.75, 3.05) is 37.0 Å². The number of pyridine rings is 1. The number of hydrogen-bond acceptors (Lipinski definition) is 4. The van der Waals surface area contributed by atoms with Gasteiger partial charge in [0.25, 0.3) is 5.91 Å². The van der Waals surface area contributed by atoms with E-state index in [-0.39, 0.29) is 11.9 Å². The highest BCUT2D eigenvalue weighted by molar-refractivity contribution is 5.95. The average Bonchev–Trinajstić information content (AvgIpc) is 3.04. The maximum atomic E-state index is 12.5. The lowest BCUT2D eigenvalue weighted by atomic mass is 10.1. The molecule has 1 unspecified atom stereocenters. The number of nitrogens with one attached hydrogen (secondary N) is 1. The first kappa shape index (κ1) is 15.3. The first-order valence-electron chi connectivity index (χ1n) is 7.88. The predicted molar refractivity (Wildman–Crippen MR) is 93.1 cm³/mol. The van der Waals surface area contributed by atoms with Crippen LogP contribution in [0.5, 0.6) is 0 Å². The van der Waals surface area contributed by atoms with Gasteiger partial charge in [0.05, 0.1) is 0 Å². The van der Waals surface area contributed by atoms with E-state index >= 15 is 0 Å². The van der Waals surface area contributed by atoms with Gasteiger partial charge in [-0.3, -0.25) is 4.79 Å². The molecule has 1 N–H and O–H groups in total. The molecule has 1 aromatic carbocycles. The van der Waals surface area contributed by atoms with Crippen LogP contribution in [0, 0.1) is 0 Å². The highest BCUT2D eigenvalue weighted by atomic mass is 16.1. The number of carbonyl (C=O) groups is 1. The molecule has 1 saturated heterocycles. The number of anilines is 2. The number of hydrogen-bond donors (Lipinski definition) is 1. The van der Waals surface area contributed by atoms with Gasteiger partial charge in [-0.15, -0.1) is 0 Å². The summed E-state index contributed by atoms with van der Waals surface area (Å²) in [6, 6.07) is 13.7. The van der Waals surface area contributed by atoms with Crippen molar-refractivity contribution < 1.29 is 4.79 Å². The molecular formula is C18H22N4O. The largest absolute Gasteiger partial charge is 0.378 e. The molecule has 0 radical (unpaired) electrons. The first-order chi connectivity index (χ1) is 11.1. The van der Waals surface area contributed by atoms with Gasteiger partial charge in [0.2, 0.25) is 0 Å². The Bertz CT molecular complexity index is 672. The van der Waals surface area contributed by atoms with Crippen LogP contribution >= 0.6 is 0 Å². The van der Waals surface area contributed by atoms with Gasteiger partial charge in [0.1, 0.15) is 5.82 Å². The second-order valence-electron chi connectivity index (χ2n) is 6.04. The fourth-order valence-corrected chi connectivity index (χ4v) is 2.82. The van der Waals surface area contributed by atoms with Crippen LogP contribution in [-0.2, 0) is 0 Å². The number of amides is 1. The van der Waals surface area contributed by atoms with Gasteiger partial charge in [0.15, 0.2) is 0 Å². The fraction of sp³-hybridized carbons (Fsp3) is 0.333. The van der Waals surface area contributed by atoms with Crippen LogP contribution in [0.2, 0.25) is 0 Å². The van der Waals surface area contributed by atoms with E-state index in [0.29, 0.717) is 5.56 Å². The molecule has 3 rings (SSSR count). The molecule has 0 saturated carbocycles. The molecule has 2 heterocycles. The molecule has 1 fully saturated rings. The zero-order valence-corrected chi connectivity index (χ0v) is 13.6. The maximum Gasteiger partial charge on any atom is 0.251 e. The number of carbonyl (C=O) groups excluding carboxylic acids is 1. The normalized spacial score (nSPS) is 17.1. The lowest BCUT2D eigenvalue weighted by molar-refractivity contribution is 0.0940. The van der Waals surface area contributed by atoms with Gasteiger partial charge in [0, 0.05) is 50.7 Å². The van der Waals surface area contributed by atoms with Crippen LogP contribution in [0.25, 0.3) is 0 Å². The Hall–Kier alpha value is -2.56. The summed E-state index contributed by atoms with van der Waals surface area (Å²) in [5.74, 6) is 0.959. The Morgan fingerprint density at radius 1 is 1.26 bits per heavy atom. The summed E-state index contributed by atoms with van der Waals surface area (Å²) >= 11 is 0. The van der Waals surface area contributed by atoms with E-state index in [1.807, 2.05) is 61.5 Å². The molecule has 2 aromatic rings. The van der Waals surface area contributed by atoms with E-state index < -0.39 is 0 Å². The standard InChI is InChI=1S/C18H22N4O/c1-21(2)16-7-5-6-14(12-16)18(23)20-15-9-11-22(13-15)17-8-3-4-10-19-17/h3-8,10,12,15H,9,11,13H2,1-2H3,(H,20,23). The third kappa shape index (κ3) is 3.62. The second-order valence-corrected chi connectivity index (χ2v) is 6.04. The second kappa shape index (κ2) is 6.69. The zero-order chi connectivity index (χ0) is 16.2. The lowest BCUT2D eigenvalue weighted by Crippen LogP contribution is -2.37. The first-order valence-corrected chi connectivity index (χ1v) is 7.88. The van der Waals surface area contributed by atoms with Gasteiger partial charge < -0.3 is 15.1 Å². The SMILES string of the molecule is CN(C)c1cccc(C(=O)NC2CCN(c3ccccn3)C2)c1. The van der Waals surface area contributed by atoms with Crippen LogP contribution in [0.3, 0.4) is 0 Å². The monoisotopic (exact) mass is 310 g/mol. The van der Waals surface area contributed by atoms with Crippen LogP contribution < -0.4 is 15.1 Å². The Kier molecular flexibility index (Phi) is 4.46. The molecule has 23 heavy (non-hydrogen) atoms. The Balaban J connectivity index is 1.62. The molecule has 1 atom stereocenters. The maximum absolute atomic E-state index is 12.5. The van der Waals surface area contributed by atoms with Crippen molar-refractivity contribution in [1.82, 2.24) is 10.3 Å². The van der Waals surface area contributed by atoms with Crippen molar-refractivity contribution in [3.63, 3.8) is 0 Å². The summed E-state index contributed by atoms with van der Waals surface area (Å²) in [5, 5.41) is 3.13. The van der Waals surface area contributed by atoms with Gasteiger partial charge in [-0.2, -0.15) is 0 Å². The number of rotatable bonds is 4. The summed E-state index contributed by atoms with van der Waals surface area (Å²) in [7, 11) is 3.94. The lowest BCUT2D eigenvalue weighted by Gasteiger charge is -2.18. The van der Waals surface area contributed by atoms with Crippen molar-refractivity contribution in [3.05, 3.63) is 54.2 Å². The molecule has 0 bridgehead atoms. The fourth-order valence-electron chi connectivity index (χ4n) is 2.82. The molecule has 1 aromatic heterocycles. The molecule has 120 valence electrons. The van der Waals surface area contributed by atoms with E-state index in [1.54, 1.807) is 6.20 Å². The molecule has 5 heteroatoms. The molecule has 5 nitrogen and oxygen atoms in total. The highest BCUT2D eigenvalue weighted by Crippen LogP contribution is 2.18. The van der Waals surface area contributed by atoms with E-state index in [2.05, 4.69) is 15.2 Å². The van der Waals surface area contributed by atoms with Gasteiger partial charge in [-0.1, -0.05) is 12.1 Å². The van der Waals surface area contributed by atoms with Gasteiger partial charge in [-0.25, -0.2) is 4.98 Å². The molecule has 0 aliphatic carbocycles. The number of aromatic nitrogens is 1. The molecule has 0 spiro atoms. The van der Waals surface area contributed by atoms with E-state index in [4.69, 9.17) is 0 Å². The third-order valence-electron chi connectivity index (χ3n) is 4.12. The van der Waals surface area contributed by atoms with Crippen molar-refractivity contribution in [3.8, 4) is 0 Å². The molecule has 1 aliphatic heterocycles. The van der Waals surface area contributed by atoms with Crippen molar-refractivity contribution in [2.45, 2.75) is 12.5 Å². The highest BCUT2D eigenvalue weighted by Gasteiger charge is 2.25. The average molecular weight is 310 g/mol. The third-order valence-corrected chi connectivity index (χ3v) is 4.12. The van der Waals surface area contributed by atoms with Crippen molar-refractivity contribution in [1.29, 1.82) is 0 Å². The van der Waals surface area contributed by atoms with Crippen molar-refractivity contribution in [2.24, 2.45) is 0 Å². The summed E-state index contributed by atoms with van der Waals surface area (Å²) in [6.45, 7) is 1.72. The summed E-state index contributed by atoms with van der Waals surface area (Å²) in [5.41, 5.74) is 1.73. The van der Waals surface area contributed by atoms with E-state index in [9.17, 15) is 4.79 Å². The van der Waals surface area contributed by atoms with Crippen LogP contribution in [-0.4, -0.2) is 44.1 Å². The molecule has 1 aliphatic rings. The van der Waals surface area contributed by atoms with Crippen LogP contribution in [0.15, 0.2) is 48.7 Å². The minimum absolute atomic E-state index is 0.0124. The minimum Gasteiger partial charge on any atom is -0.378 e. The summed E-state index contributed by atoms with van der Waals surface area (Å²) in [6.07, 6.45) is 2.74.